The highest BCUT2D eigenvalue weighted by atomic mass is 32.2. The molecule has 1 aromatic heterocycles. The highest BCUT2D eigenvalue weighted by molar-refractivity contribution is 8.14. The number of hydrogen-bond donors (Lipinski definition) is 0. The van der Waals surface area contributed by atoms with Crippen LogP contribution >= 0.6 is 11.8 Å². The lowest BCUT2D eigenvalue weighted by atomic mass is 9.80. The number of carbonyl (C=O) groups excluding carboxylic acids is 4. The Morgan fingerprint density at radius 3 is 2.26 bits per heavy atom. The third-order valence-electron chi connectivity index (χ3n) is 5.77. The van der Waals surface area contributed by atoms with E-state index >= 15 is 0 Å². The lowest BCUT2D eigenvalue weighted by molar-refractivity contribution is -0.212. The Labute approximate surface area is 219 Å². The van der Waals surface area contributed by atoms with Crippen LogP contribution in [0.15, 0.2) is 29.8 Å². The molecule has 1 aromatic rings. The number of halogens is 3. The zero-order valence-electron chi connectivity index (χ0n) is 21.1. The lowest BCUT2D eigenvalue weighted by Crippen LogP contribution is -2.58. The van der Waals surface area contributed by atoms with E-state index in [2.05, 4.69) is 10.3 Å². The van der Waals surface area contributed by atoms with E-state index in [0.717, 1.165) is 31.5 Å². The van der Waals surface area contributed by atoms with E-state index in [-0.39, 0.29) is 5.69 Å². The summed E-state index contributed by atoms with van der Waals surface area (Å²) < 4.78 is 64.9. The Balaban J connectivity index is 2.11. The molecule has 0 aromatic carbocycles. The van der Waals surface area contributed by atoms with E-state index in [1.807, 2.05) is 0 Å². The van der Waals surface area contributed by atoms with Crippen molar-refractivity contribution in [2.24, 2.45) is 0 Å². The predicted octanol–water partition coefficient (Wildman–Crippen LogP) is 2.92. The predicted molar refractivity (Wildman–Crippen MR) is 124 cm³/mol. The van der Waals surface area contributed by atoms with Gasteiger partial charge in [-0.3, -0.25) is 19.2 Å². The van der Waals surface area contributed by atoms with Gasteiger partial charge in [-0.05, 0) is 13.0 Å². The van der Waals surface area contributed by atoms with Crippen LogP contribution in [0.2, 0.25) is 0 Å². The minimum absolute atomic E-state index is 0.0252. The molecule has 0 amide bonds. The van der Waals surface area contributed by atoms with Crippen LogP contribution in [0.3, 0.4) is 0 Å². The average Bonchev–Trinajstić information content (AvgIpc) is 3.28. The molecule has 208 valence electrons. The number of nitrogens with zero attached hydrogens (tertiary/aromatic N) is 3. The molecule has 1 saturated heterocycles. The Kier molecular flexibility index (Phi) is 9.02. The highest BCUT2D eigenvalue weighted by Crippen LogP contribution is 2.43. The molecule has 38 heavy (non-hydrogen) atoms. The summed E-state index contributed by atoms with van der Waals surface area (Å²) in [7, 11) is 0. The summed E-state index contributed by atoms with van der Waals surface area (Å²) in [6.45, 7) is 5.67. The number of hydrogen-bond acceptors (Lipinski definition) is 11. The van der Waals surface area contributed by atoms with Gasteiger partial charge in [0.25, 0.3) is 0 Å². The zero-order valence-corrected chi connectivity index (χ0v) is 21.9. The van der Waals surface area contributed by atoms with E-state index in [1.54, 1.807) is 0 Å². The van der Waals surface area contributed by atoms with Crippen LogP contribution in [0.25, 0.3) is 0 Å². The second-order valence-electron chi connectivity index (χ2n) is 8.98. The smallest absolute Gasteiger partial charge is 0.303 e. The third kappa shape index (κ3) is 6.62. The fourth-order valence-electron chi connectivity index (χ4n) is 4.21. The summed E-state index contributed by atoms with van der Waals surface area (Å²) in [6.07, 6.45) is -2.10. The first-order valence-corrected chi connectivity index (χ1v) is 12.3. The molecule has 1 aliphatic carbocycles. The maximum atomic E-state index is 14.1. The van der Waals surface area contributed by atoms with Crippen molar-refractivity contribution >= 4 is 34.8 Å². The minimum Gasteiger partial charge on any atom is -0.463 e. The van der Waals surface area contributed by atoms with Gasteiger partial charge in [0.15, 0.2) is 29.0 Å². The second-order valence-corrected chi connectivity index (χ2v) is 10.3. The monoisotopic (exact) mass is 561 g/mol. The van der Waals surface area contributed by atoms with Crippen molar-refractivity contribution in [3.63, 3.8) is 0 Å². The van der Waals surface area contributed by atoms with Crippen LogP contribution in [0.1, 0.15) is 52.8 Å². The van der Waals surface area contributed by atoms with Crippen molar-refractivity contribution in [2.45, 2.75) is 76.2 Å². The van der Waals surface area contributed by atoms with Gasteiger partial charge in [-0.2, -0.15) is 0 Å². The topological polar surface area (TPSA) is 136 Å². The summed E-state index contributed by atoms with van der Waals surface area (Å²) in [5.74, 6) is -6.47. The first-order valence-electron chi connectivity index (χ1n) is 11.4. The number of thioether (sulfide) groups is 1. The van der Waals surface area contributed by atoms with Gasteiger partial charge < -0.3 is 18.9 Å². The molecule has 15 heteroatoms. The van der Waals surface area contributed by atoms with Gasteiger partial charge in [0.1, 0.15) is 30.0 Å². The van der Waals surface area contributed by atoms with E-state index in [1.165, 1.54) is 20.0 Å². The van der Waals surface area contributed by atoms with E-state index in [0.29, 0.717) is 11.8 Å². The number of rotatable bonds is 7. The fraction of sp³-hybridized carbons (Fsp3) is 0.565. The van der Waals surface area contributed by atoms with Crippen LogP contribution in [-0.4, -0.2) is 68.4 Å². The number of aromatic nitrogens is 3. The van der Waals surface area contributed by atoms with Crippen molar-refractivity contribution < 1.29 is 51.3 Å². The fourth-order valence-corrected chi connectivity index (χ4v) is 5.09. The molecular formula is C23H26F3N3O8S. The second kappa shape index (κ2) is 11.7. The molecule has 0 radical (unpaired) electrons. The van der Waals surface area contributed by atoms with Crippen molar-refractivity contribution in [1.82, 2.24) is 15.0 Å². The van der Waals surface area contributed by atoms with Crippen LogP contribution < -0.4 is 0 Å². The van der Waals surface area contributed by atoms with Gasteiger partial charge in [-0.15, -0.1) is 5.10 Å². The Bertz CT molecular complexity index is 1190. The standard InChI is InChI=1S/C23H26F3N3O8S/c1-10(30)34-9-16-20(35-11(2)31)19(21(36-12(3)32)22(37-16)38-13(4)33)29-8-17(27-28-29)23(5)6-14(24)18(26)15(25)7-23/h6,8,16,19-22H,7,9H2,1-5H3/t16?,19?,20-,21?,22+,23?/m0/s1. The average molecular weight is 562 g/mol. The molecular weight excluding hydrogens is 535 g/mol. The summed E-state index contributed by atoms with van der Waals surface area (Å²) in [5.41, 5.74) is -2.57. The van der Waals surface area contributed by atoms with Crippen LogP contribution in [-0.2, 0) is 43.5 Å². The maximum Gasteiger partial charge on any atom is 0.303 e. The van der Waals surface area contributed by atoms with Crippen molar-refractivity contribution in [2.75, 3.05) is 6.61 Å². The zero-order chi connectivity index (χ0) is 28.4. The van der Waals surface area contributed by atoms with Crippen LogP contribution in [0, 0.1) is 0 Å². The molecule has 0 bridgehead atoms. The van der Waals surface area contributed by atoms with E-state index in [9.17, 15) is 32.3 Å². The molecule has 2 aliphatic rings. The number of carbonyl (C=O) groups is 4. The molecule has 2 heterocycles. The largest absolute Gasteiger partial charge is 0.463 e. The molecule has 0 N–H and O–H groups in total. The van der Waals surface area contributed by atoms with Crippen molar-refractivity contribution in [3.05, 3.63) is 35.4 Å². The maximum absolute atomic E-state index is 14.1. The molecule has 1 aliphatic heterocycles. The molecule has 0 saturated carbocycles. The van der Waals surface area contributed by atoms with Gasteiger partial charge in [-0.1, -0.05) is 17.0 Å². The quantitative estimate of drug-likeness (QED) is 0.359. The molecule has 11 nitrogen and oxygen atoms in total. The van der Waals surface area contributed by atoms with Gasteiger partial charge in [-0.25, -0.2) is 17.9 Å². The summed E-state index contributed by atoms with van der Waals surface area (Å²) in [6, 6.07) is -1.19. The third-order valence-corrected chi connectivity index (χ3v) is 6.71. The molecule has 3 rings (SSSR count). The Hall–Kier alpha value is -3.20. The first-order chi connectivity index (χ1) is 17.7. The van der Waals surface area contributed by atoms with E-state index in [4.69, 9.17) is 18.9 Å². The van der Waals surface area contributed by atoms with Gasteiger partial charge in [0.05, 0.1) is 5.69 Å². The first kappa shape index (κ1) is 29.4. The van der Waals surface area contributed by atoms with Crippen LogP contribution in [0.4, 0.5) is 13.2 Å². The SMILES string of the molecule is CC(=O)OCC1O[C@H](SC(C)=O)C(OC(C)=O)C(n2cc(C3(C)C=C(F)C(F)=C(F)C3)nn2)[C@H]1OC(C)=O. The molecule has 0 spiro atoms. The number of ether oxygens (including phenoxy) is 4. The summed E-state index contributed by atoms with van der Waals surface area (Å²) >= 11 is 0.680. The van der Waals surface area contributed by atoms with Gasteiger partial charge in [0.2, 0.25) is 0 Å². The number of allylic oxidation sites excluding steroid dienone is 4. The van der Waals surface area contributed by atoms with Crippen molar-refractivity contribution in [3.8, 4) is 0 Å². The highest BCUT2D eigenvalue weighted by Gasteiger charge is 2.52. The van der Waals surface area contributed by atoms with E-state index < -0.39 is 88.7 Å². The molecule has 6 atom stereocenters. The van der Waals surface area contributed by atoms with Gasteiger partial charge in [0, 0.05) is 45.7 Å². The lowest BCUT2D eigenvalue weighted by Gasteiger charge is -2.44. The normalized spacial score (nSPS) is 29.4. The summed E-state index contributed by atoms with van der Waals surface area (Å²) in [5, 5.41) is 7.63. The minimum atomic E-state index is -1.60. The number of esters is 3. The van der Waals surface area contributed by atoms with Crippen molar-refractivity contribution in [1.29, 1.82) is 0 Å². The van der Waals surface area contributed by atoms with Crippen LogP contribution in [0.5, 0.6) is 0 Å². The Morgan fingerprint density at radius 1 is 1.08 bits per heavy atom. The van der Waals surface area contributed by atoms with Gasteiger partial charge >= 0.3 is 17.9 Å². The molecule has 4 unspecified atom stereocenters. The molecule has 1 fully saturated rings. The Morgan fingerprint density at radius 2 is 1.71 bits per heavy atom. The summed E-state index contributed by atoms with van der Waals surface area (Å²) in [4.78, 5) is 47.5.